The van der Waals surface area contributed by atoms with Crippen molar-refractivity contribution >= 4 is 35.3 Å². The predicted molar refractivity (Wildman–Crippen MR) is 120 cm³/mol. The Labute approximate surface area is 195 Å². The van der Waals surface area contributed by atoms with Gasteiger partial charge in [-0.15, -0.1) is 4.68 Å². The van der Waals surface area contributed by atoms with Gasteiger partial charge < -0.3 is 14.5 Å². The number of halogens is 2. The number of rotatable bonds is 3. The van der Waals surface area contributed by atoms with E-state index in [4.69, 9.17) is 27.9 Å². The van der Waals surface area contributed by atoms with Gasteiger partial charge in [-0.25, -0.2) is 14.4 Å². The zero-order valence-electron chi connectivity index (χ0n) is 18.4. The molecule has 32 heavy (non-hydrogen) atoms. The second-order valence-electron chi connectivity index (χ2n) is 8.45. The maximum Gasteiger partial charge on any atom is 0.410 e. The number of hydrogen-bond acceptors (Lipinski definition) is 6. The Kier molecular flexibility index (Phi) is 7.14. The predicted octanol–water partition coefficient (Wildman–Crippen LogP) is 3.43. The van der Waals surface area contributed by atoms with Gasteiger partial charge in [0.1, 0.15) is 11.3 Å². The van der Waals surface area contributed by atoms with Gasteiger partial charge in [0.05, 0.1) is 16.1 Å². The second-order valence-corrected chi connectivity index (χ2v) is 9.26. The number of amides is 2. The fourth-order valence-electron chi connectivity index (χ4n) is 3.57. The Bertz CT molecular complexity index is 1040. The van der Waals surface area contributed by atoms with E-state index in [0.717, 1.165) is 4.68 Å². The number of likely N-dealkylation sites (N-methyl/N-ethyl adjacent to an activating group) is 1. The molecule has 1 atom stereocenters. The van der Waals surface area contributed by atoms with Crippen LogP contribution in [-0.2, 0) is 4.74 Å². The Balaban J connectivity index is 1.83. The molecule has 1 aromatic carbocycles. The van der Waals surface area contributed by atoms with E-state index >= 15 is 0 Å². The molecule has 2 amide bonds. The summed E-state index contributed by atoms with van der Waals surface area (Å²) in [7, 11) is 0. The average Bonchev–Trinajstić information content (AvgIpc) is 3.08. The smallest absolute Gasteiger partial charge is 0.410 e. The third kappa shape index (κ3) is 5.07. The third-order valence-corrected chi connectivity index (χ3v) is 5.60. The van der Waals surface area contributed by atoms with Crippen LogP contribution in [0, 0.1) is 0 Å². The number of aromatic nitrogens is 4. The normalized spacial score (nSPS) is 16.7. The van der Waals surface area contributed by atoms with Crippen molar-refractivity contribution in [3.05, 3.63) is 38.7 Å². The maximum absolute atomic E-state index is 13.2. The summed E-state index contributed by atoms with van der Waals surface area (Å²) < 4.78 is 7.02. The lowest BCUT2D eigenvalue weighted by Crippen LogP contribution is -2.54. The van der Waals surface area contributed by atoms with Gasteiger partial charge in [-0.1, -0.05) is 29.3 Å². The number of carbonyl (C=O) groups is 2. The molecule has 10 nitrogen and oxygen atoms in total. The average molecular weight is 485 g/mol. The van der Waals surface area contributed by atoms with Crippen LogP contribution in [0.3, 0.4) is 0 Å². The zero-order chi connectivity index (χ0) is 23.6. The van der Waals surface area contributed by atoms with Crippen molar-refractivity contribution in [2.24, 2.45) is 0 Å². The highest BCUT2D eigenvalue weighted by Gasteiger charge is 2.34. The first-order valence-electron chi connectivity index (χ1n) is 10.3. The molecule has 1 aromatic heterocycles. The van der Waals surface area contributed by atoms with E-state index in [1.807, 2.05) is 0 Å². The molecule has 0 saturated carbocycles. The van der Waals surface area contributed by atoms with Crippen LogP contribution in [0.2, 0.25) is 10.0 Å². The van der Waals surface area contributed by atoms with Gasteiger partial charge in [0.25, 0.3) is 0 Å². The highest BCUT2D eigenvalue weighted by molar-refractivity contribution is 6.37. The number of likely N-dealkylation sites (tertiary alicyclic amines) is 1. The van der Waals surface area contributed by atoms with E-state index in [9.17, 15) is 14.4 Å². The van der Waals surface area contributed by atoms with E-state index < -0.39 is 23.4 Å². The molecule has 0 radical (unpaired) electrons. The van der Waals surface area contributed by atoms with Crippen molar-refractivity contribution in [2.45, 2.75) is 52.2 Å². The minimum absolute atomic E-state index is 0.150. The summed E-state index contributed by atoms with van der Waals surface area (Å²) in [6.07, 6.45) is 0.949. The van der Waals surface area contributed by atoms with Crippen molar-refractivity contribution in [1.29, 1.82) is 0 Å². The number of carbonyl (C=O) groups excluding carboxylic acids is 2. The Morgan fingerprint density at radius 1 is 1.22 bits per heavy atom. The monoisotopic (exact) mass is 484 g/mol. The molecule has 1 saturated heterocycles. The Morgan fingerprint density at radius 2 is 1.88 bits per heavy atom. The molecule has 0 N–H and O–H groups in total. The summed E-state index contributed by atoms with van der Waals surface area (Å²) in [5.41, 5.74) is -1.25. The van der Waals surface area contributed by atoms with Gasteiger partial charge in [0, 0.05) is 19.6 Å². The first-order chi connectivity index (χ1) is 15.0. The summed E-state index contributed by atoms with van der Waals surface area (Å²) in [4.78, 5) is 41.7. The summed E-state index contributed by atoms with van der Waals surface area (Å²) in [6.45, 7) is 8.36. The fourth-order valence-corrected chi connectivity index (χ4v) is 4.13. The highest BCUT2D eigenvalue weighted by atomic mass is 35.5. The first-order valence-corrected chi connectivity index (χ1v) is 11.1. The summed E-state index contributed by atoms with van der Waals surface area (Å²) >= 11 is 12.3. The van der Waals surface area contributed by atoms with Gasteiger partial charge in [0.15, 0.2) is 0 Å². The van der Waals surface area contributed by atoms with Crippen LogP contribution in [0.1, 0.15) is 40.5 Å². The van der Waals surface area contributed by atoms with Crippen LogP contribution in [-0.4, -0.2) is 73.0 Å². The van der Waals surface area contributed by atoms with E-state index in [1.165, 1.54) is 4.90 Å². The van der Waals surface area contributed by atoms with Gasteiger partial charge >= 0.3 is 17.8 Å². The van der Waals surface area contributed by atoms with Crippen LogP contribution in [0.5, 0.6) is 0 Å². The number of para-hydroxylation sites is 1. The Hall–Kier alpha value is -2.59. The van der Waals surface area contributed by atoms with Crippen molar-refractivity contribution in [3.8, 4) is 5.69 Å². The van der Waals surface area contributed by atoms with E-state index in [1.54, 1.807) is 50.8 Å². The number of piperidine rings is 1. The van der Waals surface area contributed by atoms with Gasteiger partial charge in [-0.2, -0.15) is 4.68 Å². The van der Waals surface area contributed by atoms with Crippen LogP contribution in [0.15, 0.2) is 23.0 Å². The quantitative estimate of drug-likeness (QED) is 0.618. The molecule has 174 valence electrons. The minimum atomic E-state index is -0.789. The standard InChI is InChI=1S/C20H26Cl2N6O4/c1-5-26(13-8-7-11-25(12-13)19(31)32-20(2,3)4)17(29)28-18(30)27(23-24-28)16-14(21)9-6-10-15(16)22/h6,9-10,13H,5,7-8,11-12H2,1-4H3. The topological polar surface area (TPSA) is 103 Å². The van der Waals surface area contributed by atoms with Crippen LogP contribution in [0.4, 0.5) is 9.59 Å². The van der Waals surface area contributed by atoms with Gasteiger partial charge in [-0.05, 0) is 63.1 Å². The van der Waals surface area contributed by atoms with Gasteiger partial charge in [0.2, 0.25) is 0 Å². The summed E-state index contributed by atoms with van der Waals surface area (Å²) in [6, 6.07) is 3.81. The zero-order valence-corrected chi connectivity index (χ0v) is 19.9. The van der Waals surface area contributed by atoms with E-state index in [-0.39, 0.29) is 21.8 Å². The lowest BCUT2D eigenvalue weighted by molar-refractivity contribution is 0.0134. The SMILES string of the molecule is CCN(C(=O)n1nnn(-c2c(Cl)cccc2Cl)c1=O)C1CCCN(C(=O)OC(C)(C)C)C1. The molecule has 2 aromatic rings. The molecule has 0 spiro atoms. The van der Waals surface area contributed by atoms with Crippen molar-refractivity contribution in [2.75, 3.05) is 19.6 Å². The largest absolute Gasteiger partial charge is 0.444 e. The number of benzene rings is 1. The molecule has 1 aliphatic rings. The molecule has 1 aliphatic heterocycles. The van der Waals surface area contributed by atoms with Crippen LogP contribution >= 0.6 is 23.2 Å². The molecular formula is C20H26Cl2N6O4. The van der Waals surface area contributed by atoms with Crippen molar-refractivity contribution in [1.82, 2.24) is 29.6 Å². The molecule has 12 heteroatoms. The lowest BCUT2D eigenvalue weighted by Gasteiger charge is -2.38. The van der Waals surface area contributed by atoms with Crippen LogP contribution < -0.4 is 5.69 Å². The van der Waals surface area contributed by atoms with E-state index in [0.29, 0.717) is 37.2 Å². The third-order valence-electron chi connectivity index (χ3n) is 4.99. The highest BCUT2D eigenvalue weighted by Crippen LogP contribution is 2.26. The molecule has 0 aliphatic carbocycles. The summed E-state index contributed by atoms with van der Waals surface area (Å²) in [5, 5.41) is 7.94. The minimum Gasteiger partial charge on any atom is -0.444 e. The number of tetrazole rings is 1. The number of hydrogen-bond donors (Lipinski definition) is 0. The van der Waals surface area contributed by atoms with Crippen LogP contribution in [0.25, 0.3) is 5.69 Å². The number of nitrogens with zero attached hydrogens (tertiary/aromatic N) is 6. The van der Waals surface area contributed by atoms with Gasteiger partial charge in [-0.3, -0.25) is 0 Å². The maximum atomic E-state index is 13.2. The van der Waals surface area contributed by atoms with Crippen molar-refractivity contribution < 1.29 is 14.3 Å². The second kappa shape index (κ2) is 9.50. The summed E-state index contributed by atoms with van der Waals surface area (Å²) in [5.74, 6) is 0. The molecule has 1 fully saturated rings. The lowest BCUT2D eigenvalue weighted by atomic mass is 10.0. The molecule has 2 heterocycles. The molecular weight excluding hydrogens is 459 g/mol. The van der Waals surface area contributed by atoms with Crippen molar-refractivity contribution in [3.63, 3.8) is 0 Å². The molecule has 1 unspecified atom stereocenters. The molecule has 3 rings (SSSR count). The fraction of sp³-hybridized carbons (Fsp3) is 0.550. The van der Waals surface area contributed by atoms with E-state index in [2.05, 4.69) is 10.4 Å². The Morgan fingerprint density at radius 3 is 2.47 bits per heavy atom. The molecule has 0 bridgehead atoms. The number of ether oxygens (including phenoxy) is 1. The first kappa shape index (κ1) is 24.1.